The van der Waals surface area contributed by atoms with Crippen LogP contribution in [0, 0.1) is 0 Å². The molecule has 0 aliphatic carbocycles. The molecular formula is C16H18N4O3. The largest absolute Gasteiger partial charge is 0.490 e. The van der Waals surface area contributed by atoms with Gasteiger partial charge in [-0.1, -0.05) is 6.07 Å². The van der Waals surface area contributed by atoms with E-state index in [1.807, 2.05) is 25.1 Å². The summed E-state index contributed by atoms with van der Waals surface area (Å²) in [6, 6.07) is 5.40. The number of nitrogens with two attached hydrogens (primary N) is 1. The van der Waals surface area contributed by atoms with Gasteiger partial charge in [0.2, 0.25) is 0 Å². The molecule has 0 saturated carbocycles. The van der Waals surface area contributed by atoms with Gasteiger partial charge < -0.3 is 20.5 Å². The van der Waals surface area contributed by atoms with Gasteiger partial charge in [-0.2, -0.15) is 0 Å². The number of anilines is 1. The van der Waals surface area contributed by atoms with Gasteiger partial charge >= 0.3 is 0 Å². The first-order valence-electron chi connectivity index (χ1n) is 7.42. The van der Waals surface area contributed by atoms with Crippen molar-refractivity contribution in [1.82, 2.24) is 15.3 Å². The molecule has 1 aliphatic rings. The number of ether oxygens (including phenoxy) is 2. The van der Waals surface area contributed by atoms with Gasteiger partial charge in [0.15, 0.2) is 23.0 Å². The predicted octanol–water partition coefficient (Wildman–Crippen LogP) is 1.71. The Morgan fingerprint density at radius 2 is 1.96 bits per heavy atom. The molecule has 2 aromatic rings. The van der Waals surface area contributed by atoms with E-state index in [0.29, 0.717) is 19.0 Å². The lowest BCUT2D eigenvalue weighted by Gasteiger charge is -2.16. The third-order valence-corrected chi connectivity index (χ3v) is 3.56. The Morgan fingerprint density at radius 1 is 1.22 bits per heavy atom. The van der Waals surface area contributed by atoms with Gasteiger partial charge in [0.25, 0.3) is 5.91 Å². The Kier molecular flexibility index (Phi) is 4.27. The Balaban J connectivity index is 1.76. The van der Waals surface area contributed by atoms with Crippen molar-refractivity contribution in [1.29, 1.82) is 0 Å². The van der Waals surface area contributed by atoms with Gasteiger partial charge in [-0.3, -0.25) is 4.79 Å². The van der Waals surface area contributed by atoms with Crippen LogP contribution in [0.15, 0.2) is 30.6 Å². The molecule has 0 unspecified atom stereocenters. The number of benzene rings is 1. The van der Waals surface area contributed by atoms with Crippen LogP contribution in [-0.4, -0.2) is 29.1 Å². The average Bonchev–Trinajstić information content (AvgIpc) is 2.79. The number of carbonyl (C=O) groups is 1. The summed E-state index contributed by atoms with van der Waals surface area (Å²) < 4.78 is 11.3. The lowest BCUT2D eigenvalue weighted by atomic mass is 10.1. The molecule has 7 nitrogen and oxygen atoms in total. The summed E-state index contributed by atoms with van der Waals surface area (Å²) in [4.78, 5) is 20.1. The molecule has 3 rings (SSSR count). The van der Waals surface area contributed by atoms with Gasteiger partial charge in [-0.15, -0.1) is 0 Å². The van der Waals surface area contributed by atoms with Crippen LogP contribution in [0.5, 0.6) is 11.5 Å². The maximum atomic E-state index is 12.2. The fraction of sp³-hybridized carbons (Fsp3) is 0.312. The average molecular weight is 314 g/mol. The molecule has 0 spiro atoms. The molecule has 1 aliphatic heterocycles. The molecule has 2 heterocycles. The van der Waals surface area contributed by atoms with Gasteiger partial charge in [-0.05, 0) is 24.6 Å². The smallest absolute Gasteiger partial charge is 0.274 e. The van der Waals surface area contributed by atoms with Crippen LogP contribution in [0.4, 0.5) is 5.82 Å². The first-order chi connectivity index (χ1) is 11.1. The van der Waals surface area contributed by atoms with Crippen LogP contribution in [-0.2, 0) is 0 Å². The molecule has 0 bridgehead atoms. The number of hydrogen-bond acceptors (Lipinski definition) is 6. The minimum absolute atomic E-state index is 0.107. The van der Waals surface area contributed by atoms with Crippen molar-refractivity contribution in [3.63, 3.8) is 0 Å². The second-order valence-electron chi connectivity index (χ2n) is 5.24. The van der Waals surface area contributed by atoms with Crippen LogP contribution < -0.4 is 20.5 Å². The van der Waals surface area contributed by atoms with E-state index in [-0.39, 0.29) is 23.5 Å². The second kappa shape index (κ2) is 6.51. The Labute approximate surface area is 133 Å². The fourth-order valence-corrected chi connectivity index (χ4v) is 2.32. The number of nitrogens with zero attached hydrogens (tertiary/aromatic N) is 2. The predicted molar refractivity (Wildman–Crippen MR) is 84.4 cm³/mol. The highest BCUT2D eigenvalue weighted by atomic mass is 16.5. The van der Waals surface area contributed by atoms with E-state index in [1.165, 1.54) is 12.4 Å². The molecule has 23 heavy (non-hydrogen) atoms. The summed E-state index contributed by atoms with van der Waals surface area (Å²) in [6.07, 6.45) is 3.73. The molecule has 3 N–H and O–H groups in total. The zero-order chi connectivity index (χ0) is 16.2. The monoisotopic (exact) mass is 314 g/mol. The summed E-state index contributed by atoms with van der Waals surface area (Å²) in [5, 5.41) is 2.86. The number of nitrogen functional groups attached to an aromatic ring is 1. The number of hydrogen-bond donors (Lipinski definition) is 2. The molecule has 1 aromatic heterocycles. The van der Waals surface area contributed by atoms with E-state index < -0.39 is 0 Å². The van der Waals surface area contributed by atoms with Crippen molar-refractivity contribution in [2.75, 3.05) is 18.9 Å². The van der Waals surface area contributed by atoms with Crippen molar-refractivity contribution in [2.24, 2.45) is 0 Å². The highest BCUT2D eigenvalue weighted by Gasteiger charge is 2.18. The van der Waals surface area contributed by atoms with E-state index in [1.54, 1.807) is 0 Å². The Morgan fingerprint density at radius 3 is 2.74 bits per heavy atom. The van der Waals surface area contributed by atoms with Crippen LogP contribution in [0.25, 0.3) is 0 Å². The molecule has 0 saturated heterocycles. The SMILES string of the molecule is C[C@@H](NC(=O)c1nccnc1N)c1ccc2c(c1)OCCCO2. The molecule has 120 valence electrons. The maximum absolute atomic E-state index is 12.2. The lowest BCUT2D eigenvalue weighted by molar-refractivity contribution is 0.0935. The first-order valence-corrected chi connectivity index (χ1v) is 7.42. The minimum Gasteiger partial charge on any atom is -0.490 e. The quantitative estimate of drug-likeness (QED) is 0.894. The van der Waals surface area contributed by atoms with Crippen LogP contribution in [0.1, 0.15) is 35.4 Å². The second-order valence-corrected chi connectivity index (χ2v) is 5.24. The van der Waals surface area contributed by atoms with E-state index in [4.69, 9.17) is 15.2 Å². The topological polar surface area (TPSA) is 99.4 Å². The summed E-state index contributed by atoms with van der Waals surface area (Å²) in [5.41, 5.74) is 6.70. The molecule has 1 atom stereocenters. The number of aromatic nitrogens is 2. The highest BCUT2D eigenvalue weighted by Crippen LogP contribution is 2.32. The van der Waals surface area contributed by atoms with E-state index in [0.717, 1.165) is 17.7 Å². The molecule has 1 aromatic carbocycles. The van der Waals surface area contributed by atoms with Gasteiger partial charge in [-0.25, -0.2) is 9.97 Å². The zero-order valence-corrected chi connectivity index (χ0v) is 12.8. The van der Waals surface area contributed by atoms with Crippen molar-refractivity contribution >= 4 is 11.7 Å². The van der Waals surface area contributed by atoms with Crippen LogP contribution >= 0.6 is 0 Å². The normalized spacial score (nSPS) is 14.7. The van der Waals surface area contributed by atoms with Gasteiger partial charge in [0.05, 0.1) is 19.3 Å². The van der Waals surface area contributed by atoms with Crippen molar-refractivity contribution < 1.29 is 14.3 Å². The van der Waals surface area contributed by atoms with Crippen molar-refractivity contribution in [2.45, 2.75) is 19.4 Å². The number of carbonyl (C=O) groups excluding carboxylic acids is 1. The number of amides is 1. The summed E-state index contributed by atoms with van der Waals surface area (Å²) in [5.74, 6) is 1.16. The summed E-state index contributed by atoms with van der Waals surface area (Å²) >= 11 is 0. The minimum atomic E-state index is -0.366. The summed E-state index contributed by atoms with van der Waals surface area (Å²) in [7, 11) is 0. The standard InChI is InChI=1S/C16H18N4O3/c1-10(20-16(21)14-15(17)19-6-5-18-14)11-3-4-12-13(9-11)23-8-2-7-22-12/h3-6,9-10H,2,7-8H2,1H3,(H2,17,19)(H,20,21)/t10-/m1/s1. The molecular weight excluding hydrogens is 296 g/mol. The van der Waals surface area contributed by atoms with Gasteiger partial charge in [0.1, 0.15) is 0 Å². The Hall–Kier alpha value is -2.83. The number of fused-ring (bicyclic) bond motifs is 1. The van der Waals surface area contributed by atoms with E-state index in [2.05, 4.69) is 15.3 Å². The third kappa shape index (κ3) is 3.33. The van der Waals surface area contributed by atoms with Crippen LogP contribution in [0.3, 0.4) is 0 Å². The molecule has 0 fully saturated rings. The maximum Gasteiger partial charge on any atom is 0.274 e. The number of nitrogens with one attached hydrogen (secondary N) is 1. The molecule has 0 radical (unpaired) electrons. The third-order valence-electron chi connectivity index (χ3n) is 3.56. The Bertz CT molecular complexity index is 720. The molecule has 1 amide bonds. The van der Waals surface area contributed by atoms with Crippen molar-refractivity contribution in [3.05, 3.63) is 41.9 Å². The summed E-state index contributed by atoms with van der Waals surface area (Å²) in [6.45, 7) is 3.14. The van der Waals surface area contributed by atoms with E-state index in [9.17, 15) is 4.79 Å². The van der Waals surface area contributed by atoms with Gasteiger partial charge in [0, 0.05) is 18.8 Å². The number of rotatable bonds is 3. The highest BCUT2D eigenvalue weighted by molar-refractivity contribution is 5.96. The van der Waals surface area contributed by atoms with Crippen LogP contribution in [0.2, 0.25) is 0 Å². The van der Waals surface area contributed by atoms with Crippen molar-refractivity contribution in [3.8, 4) is 11.5 Å². The lowest BCUT2D eigenvalue weighted by Crippen LogP contribution is -2.28. The fourth-order valence-electron chi connectivity index (χ4n) is 2.32. The van der Waals surface area contributed by atoms with E-state index >= 15 is 0 Å². The molecule has 7 heteroatoms. The zero-order valence-electron chi connectivity index (χ0n) is 12.8. The first kappa shape index (κ1) is 15.1.